The number of nitrogens with zero attached hydrogens (tertiary/aromatic N) is 2. The molecule has 0 saturated heterocycles. The molecule has 0 radical (unpaired) electrons. The average molecular weight is 238 g/mol. The van der Waals surface area contributed by atoms with Gasteiger partial charge >= 0.3 is 0 Å². The van der Waals surface area contributed by atoms with E-state index >= 15 is 0 Å². The zero-order valence-electron chi connectivity index (χ0n) is 11.6. The highest BCUT2D eigenvalue weighted by molar-refractivity contribution is 5.11. The minimum Gasteiger partial charge on any atom is -0.396 e. The van der Waals surface area contributed by atoms with Crippen LogP contribution in [0.2, 0.25) is 0 Å². The van der Waals surface area contributed by atoms with Gasteiger partial charge in [-0.25, -0.2) is 0 Å². The molecule has 1 aromatic heterocycles. The van der Waals surface area contributed by atoms with Crippen LogP contribution in [0.25, 0.3) is 0 Å². The molecule has 1 aromatic rings. The van der Waals surface area contributed by atoms with E-state index in [4.69, 9.17) is 0 Å². The standard InChI is InChI=1S/C14H26N2O/c1-5-13-9-14(16(6-2)15-13)8-12(10-17)7-11(3)4/h9,11-12,17H,5-8,10H2,1-4H3. The average Bonchev–Trinajstić information content (AvgIpc) is 2.69. The fourth-order valence-corrected chi connectivity index (χ4v) is 2.31. The van der Waals surface area contributed by atoms with Crippen LogP contribution in [-0.4, -0.2) is 21.5 Å². The van der Waals surface area contributed by atoms with Crippen LogP contribution in [0.4, 0.5) is 0 Å². The summed E-state index contributed by atoms with van der Waals surface area (Å²) in [5.74, 6) is 0.998. The third kappa shape index (κ3) is 4.15. The lowest BCUT2D eigenvalue weighted by Gasteiger charge is -2.16. The molecule has 0 aliphatic carbocycles. The van der Waals surface area contributed by atoms with Crippen molar-refractivity contribution in [1.29, 1.82) is 0 Å². The number of aromatic nitrogens is 2. The molecule has 0 saturated carbocycles. The van der Waals surface area contributed by atoms with Gasteiger partial charge in [0.05, 0.1) is 5.69 Å². The van der Waals surface area contributed by atoms with E-state index in [2.05, 4.69) is 43.5 Å². The molecule has 98 valence electrons. The zero-order valence-corrected chi connectivity index (χ0v) is 11.6. The van der Waals surface area contributed by atoms with Gasteiger partial charge in [0.1, 0.15) is 0 Å². The molecule has 1 rings (SSSR count). The molecule has 1 heterocycles. The molecular formula is C14H26N2O. The highest BCUT2D eigenvalue weighted by Gasteiger charge is 2.14. The van der Waals surface area contributed by atoms with Gasteiger partial charge in [-0.05, 0) is 44.1 Å². The van der Waals surface area contributed by atoms with Crippen LogP contribution in [0.15, 0.2) is 6.07 Å². The summed E-state index contributed by atoms with van der Waals surface area (Å²) < 4.78 is 2.07. The Balaban J connectivity index is 2.73. The van der Waals surface area contributed by atoms with Crippen LogP contribution in [0.3, 0.4) is 0 Å². The summed E-state index contributed by atoms with van der Waals surface area (Å²) in [5.41, 5.74) is 2.42. The van der Waals surface area contributed by atoms with Crippen molar-refractivity contribution in [2.75, 3.05) is 6.61 Å². The molecule has 17 heavy (non-hydrogen) atoms. The molecule has 0 aromatic carbocycles. The van der Waals surface area contributed by atoms with E-state index < -0.39 is 0 Å². The SMILES string of the molecule is CCc1cc(CC(CO)CC(C)C)n(CC)n1. The minimum absolute atomic E-state index is 0.272. The van der Waals surface area contributed by atoms with Crippen LogP contribution in [-0.2, 0) is 19.4 Å². The maximum atomic E-state index is 9.43. The van der Waals surface area contributed by atoms with Crippen molar-refractivity contribution in [2.45, 2.75) is 53.5 Å². The fraction of sp³-hybridized carbons (Fsp3) is 0.786. The number of aliphatic hydroxyl groups is 1. The Morgan fingerprint density at radius 3 is 2.53 bits per heavy atom. The molecule has 1 unspecified atom stereocenters. The molecule has 3 nitrogen and oxygen atoms in total. The summed E-state index contributed by atoms with van der Waals surface area (Å²) in [6.45, 7) is 9.84. The number of hydrogen-bond acceptors (Lipinski definition) is 2. The quantitative estimate of drug-likeness (QED) is 0.793. The Morgan fingerprint density at radius 2 is 2.06 bits per heavy atom. The van der Waals surface area contributed by atoms with Crippen LogP contribution < -0.4 is 0 Å². The summed E-state index contributed by atoms with van der Waals surface area (Å²) in [4.78, 5) is 0. The van der Waals surface area contributed by atoms with Crippen molar-refractivity contribution in [3.63, 3.8) is 0 Å². The lowest BCUT2D eigenvalue weighted by molar-refractivity contribution is 0.203. The third-order valence-electron chi connectivity index (χ3n) is 3.14. The van der Waals surface area contributed by atoms with E-state index in [1.54, 1.807) is 0 Å². The van der Waals surface area contributed by atoms with Crippen molar-refractivity contribution in [2.24, 2.45) is 11.8 Å². The first kappa shape index (κ1) is 14.2. The Labute approximate surface area is 105 Å². The van der Waals surface area contributed by atoms with Crippen LogP contribution >= 0.6 is 0 Å². The summed E-state index contributed by atoms with van der Waals surface area (Å²) >= 11 is 0. The fourth-order valence-electron chi connectivity index (χ4n) is 2.31. The highest BCUT2D eigenvalue weighted by Crippen LogP contribution is 2.18. The highest BCUT2D eigenvalue weighted by atomic mass is 16.3. The number of aryl methyl sites for hydroxylation is 2. The molecule has 1 N–H and O–H groups in total. The summed E-state index contributed by atoms with van der Waals surface area (Å²) in [6, 6.07) is 2.19. The van der Waals surface area contributed by atoms with E-state index in [-0.39, 0.29) is 6.61 Å². The first-order valence-corrected chi connectivity index (χ1v) is 6.77. The molecule has 1 atom stereocenters. The second kappa shape index (κ2) is 6.80. The predicted molar refractivity (Wildman–Crippen MR) is 71.0 cm³/mol. The van der Waals surface area contributed by atoms with Gasteiger partial charge in [-0.15, -0.1) is 0 Å². The van der Waals surface area contributed by atoms with Gasteiger partial charge in [-0.1, -0.05) is 20.8 Å². The van der Waals surface area contributed by atoms with Crippen molar-refractivity contribution in [3.05, 3.63) is 17.5 Å². The number of hydrogen-bond donors (Lipinski definition) is 1. The zero-order chi connectivity index (χ0) is 12.8. The largest absolute Gasteiger partial charge is 0.396 e. The van der Waals surface area contributed by atoms with Crippen molar-refractivity contribution in [1.82, 2.24) is 9.78 Å². The van der Waals surface area contributed by atoms with Gasteiger partial charge in [0, 0.05) is 18.8 Å². The maximum absolute atomic E-state index is 9.43. The molecule has 0 aliphatic rings. The van der Waals surface area contributed by atoms with E-state index in [0.29, 0.717) is 11.8 Å². The van der Waals surface area contributed by atoms with Crippen LogP contribution in [0.1, 0.15) is 45.5 Å². The number of rotatable bonds is 7. The summed E-state index contributed by atoms with van der Waals surface area (Å²) in [6.07, 6.45) is 3.00. The summed E-state index contributed by atoms with van der Waals surface area (Å²) in [7, 11) is 0. The van der Waals surface area contributed by atoms with Gasteiger partial charge in [-0.2, -0.15) is 5.10 Å². The second-order valence-electron chi connectivity index (χ2n) is 5.18. The Kier molecular flexibility index (Phi) is 5.69. The van der Waals surface area contributed by atoms with Gasteiger partial charge in [0.2, 0.25) is 0 Å². The lowest BCUT2D eigenvalue weighted by atomic mass is 9.93. The first-order chi connectivity index (χ1) is 8.10. The third-order valence-corrected chi connectivity index (χ3v) is 3.14. The molecule has 0 fully saturated rings. The molecule has 0 spiro atoms. The van der Waals surface area contributed by atoms with E-state index in [1.165, 1.54) is 5.69 Å². The normalized spacial score (nSPS) is 13.3. The maximum Gasteiger partial charge on any atom is 0.0624 e. The Hall–Kier alpha value is -0.830. The van der Waals surface area contributed by atoms with Crippen molar-refractivity contribution < 1.29 is 5.11 Å². The topological polar surface area (TPSA) is 38.0 Å². The Bertz CT molecular complexity index is 331. The monoisotopic (exact) mass is 238 g/mol. The molecular weight excluding hydrogens is 212 g/mol. The second-order valence-corrected chi connectivity index (χ2v) is 5.18. The van der Waals surface area contributed by atoms with Crippen LogP contribution in [0, 0.1) is 11.8 Å². The van der Waals surface area contributed by atoms with E-state index in [0.717, 1.165) is 31.5 Å². The van der Waals surface area contributed by atoms with Crippen molar-refractivity contribution in [3.8, 4) is 0 Å². The number of aliphatic hydroxyl groups excluding tert-OH is 1. The van der Waals surface area contributed by atoms with E-state index in [1.807, 2.05) is 0 Å². The molecule has 3 heteroatoms. The van der Waals surface area contributed by atoms with Gasteiger partial charge in [0.15, 0.2) is 0 Å². The van der Waals surface area contributed by atoms with Gasteiger partial charge < -0.3 is 5.11 Å². The molecule has 0 amide bonds. The van der Waals surface area contributed by atoms with Gasteiger partial charge in [0.25, 0.3) is 0 Å². The van der Waals surface area contributed by atoms with Crippen LogP contribution in [0.5, 0.6) is 0 Å². The Morgan fingerprint density at radius 1 is 1.35 bits per heavy atom. The lowest BCUT2D eigenvalue weighted by Crippen LogP contribution is -2.15. The summed E-state index contributed by atoms with van der Waals surface area (Å²) in [5, 5.41) is 14.0. The first-order valence-electron chi connectivity index (χ1n) is 6.77. The van der Waals surface area contributed by atoms with E-state index in [9.17, 15) is 5.11 Å². The minimum atomic E-state index is 0.272. The van der Waals surface area contributed by atoms with Crippen molar-refractivity contribution >= 4 is 0 Å². The predicted octanol–water partition coefficient (Wildman–Crippen LogP) is 2.66. The molecule has 0 aliphatic heterocycles. The molecule has 0 bridgehead atoms. The van der Waals surface area contributed by atoms with Gasteiger partial charge in [-0.3, -0.25) is 4.68 Å². The smallest absolute Gasteiger partial charge is 0.0624 e.